The van der Waals surface area contributed by atoms with E-state index < -0.39 is 0 Å². The molecule has 0 bridgehead atoms. The van der Waals surface area contributed by atoms with Crippen LogP contribution in [0.1, 0.15) is 37.3 Å². The SMILES string of the molecule is CC(=O)N1CC(CCC(=O)N2CC(n3ccnn3)C2)c2ccccc21. The molecule has 0 N–H and O–H groups in total. The van der Waals surface area contributed by atoms with Gasteiger partial charge in [-0.05, 0) is 18.1 Å². The lowest BCUT2D eigenvalue weighted by Gasteiger charge is -2.39. The third kappa shape index (κ3) is 2.90. The Balaban J connectivity index is 1.33. The highest BCUT2D eigenvalue weighted by Crippen LogP contribution is 2.38. The summed E-state index contributed by atoms with van der Waals surface area (Å²) in [6.07, 6.45) is 4.76. The molecule has 1 aromatic carbocycles. The first-order valence-electron chi connectivity index (χ1n) is 8.64. The Morgan fingerprint density at radius 2 is 2.00 bits per heavy atom. The fourth-order valence-corrected chi connectivity index (χ4v) is 3.73. The lowest BCUT2D eigenvalue weighted by molar-refractivity contribution is -0.137. The van der Waals surface area contributed by atoms with Crippen LogP contribution in [0.25, 0.3) is 0 Å². The summed E-state index contributed by atoms with van der Waals surface area (Å²) in [6, 6.07) is 8.24. The van der Waals surface area contributed by atoms with Gasteiger partial charge in [0.2, 0.25) is 11.8 Å². The average Bonchev–Trinajstić information content (AvgIpc) is 3.19. The van der Waals surface area contributed by atoms with Crippen molar-refractivity contribution in [2.24, 2.45) is 0 Å². The Morgan fingerprint density at radius 3 is 2.72 bits per heavy atom. The fraction of sp³-hybridized carbons (Fsp3) is 0.444. The van der Waals surface area contributed by atoms with Gasteiger partial charge in [0.1, 0.15) is 0 Å². The normalized spacial score (nSPS) is 19.6. The molecule has 1 atom stereocenters. The Bertz CT molecular complexity index is 783. The molecule has 130 valence electrons. The zero-order chi connectivity index (χ0) is 17.4. The smallest absolute Gasteiger partial charge is 0.223 e. The molecule has 2 aliphatic rings. The molecule has 3 heterocycles. The van der Waals surface area contributed by atoms with Gasteiger partial charge in [0.25, 0.3) is 0 Å². The monoisotopic (exact) mass is 339 g/mol. The first-order valence-corrected chi connectivity index (χ1v) is 8.64. The molecular weight excluding hydrogens is 318 g/mol. The van der Waals surface area contributed by atoms with E-state index in [-0.39, 0.29) is 23.8 Å². The molecule has 7 nitrogen and oxygen atoms in total. The molecule has 7 heteroatoms. The summed E-state index contributed by atoms with van der Waals surface area (Å²) < 4.78 is 1.81. The number of carbonyl (C=O) groups excluding carboxylic acids is 2. The maximum atomic E-state index is 12.4. The van der Waals surface area contributed by atoms with Crippen LogP contribution in [0.2, 0.25) is 0 Å². The topological polar surface area (TPSA) is 71.3 Å². The van der Waals surface area contributed by atoms with Gasteiger partial charge < -0.3 is 9.80 Å². The molecule has 2 aromatic rings. The van der Waals surface area contributed by atoms with Crippen molar-refractivity contribution in [2.45, 2.75) is 31.7 Å². The first kappa shape index (κ1) is 15.8. The van der Waals surface area contributed by atoms with Crippen LogP contribution in [-0.4, -0.2) is 51.3 Å². The molecule has 0 aliphatic carbocycles. The summed E-state index contributed by atoms with van der Waals surface area (Å²) in [5.74, 6) is 0.464. The molecule has 1 saturated heterocycles. The van der Waals surface area contributed by atoms with Crippen molar-refractivity contribution in [3.8, 4) is 0 Å². The van der Waals surface area contributed by atoms with Crippen molar-refractivity contribution >= 4 is 17.5 Å². The average molecular weight is 339 g/mol. The summed E-state index contributed by atoms with van der Waals surface area (Å²) in [5, 5.41) is 7.79. The van der Waals surface area contributed by atoms with E-state index in [4.69, 9.17) is 0 Å². The van der Waals surface area contributed by atoms with Gasteiger partial charge in [-0.3, -0.25) is 9.59 Å². The van der Waals surface area contributed by atoms with Gasteiger partial charge in [-0.25, -0.2) is 4.68 Å². The minimum atomic E-state index is 0.0553. The summed E-state index contributed by atoms with van der Waals surface area (Å²) in [4.78, 5) is 28.0. The second-order valence-electron chi connectivity index (χ2n) is 6.76. The zero-order valence-electron chi connectivity index (χ0n) is 14.2. The van der Waals surface area contributed by atoms with Crippen molar-refractivity contribution in [1.29, 1.82) is 0 Å². The van der Waals surface area contributed by atoms with Gasteiger partial charge in [-0.1, -0.05) is 23.4 Å². The van der Waals surface area contributed by atoms with Gasteiger partial charge in [-0.2, -0.15) is 0 Å². The van der Waals surface area contributed by atoms with Crippen molar-refractivity contribution in [3.63, 3.8) is 0 Å². The van der Waals surface area contributed by atoms with Crippen LogP contribution in [0, 0.1) is 0 Å². The van der Waals surface area contributed by atoms with Gasteiger partial charge >= 0.3 is 0 Å². The lowest BCUT2D eigenvalue weighted by atomic mass is 9.95. The standard InChI is InChI=1S/C18H21N5O2/c1-13(24)22-10-14(16-4-2-3-5-17(16)22)6-7-18(25)21-11-15(12-21)23-9-8-19-20-23/h2-5,8-9,14-15H,6-7,10-12H2,1H3. The van der Waals surface area contributed by atoms with Crippen molar-refractivity contribution in [2.75, 3.05) is 24.5 Å². The molecule has 25 heavy (non-hydrogen) atoms. The van der Waals surface area contributed by atoms with E-state index in [9.17, 15) is 9.59 Å². The molecule has 0 spiro atoms. The number of carbonyl (C=O) groups is 2. The summed E-state index contributed by atoms with van der Waals surface area (Å²) >= 11 is 0. The van der Waals surface area contributed by atoms with Crippen molar-refractivity contribution < 1.29 is 9.59 Å². The molecule has 0 radical (unpaired) electrons. The van der Waals surface area contributed by atoms with Gasteiger partial charge in [0, 0.05) is 50.8 Å². The number of likely N-dealkylation sites (tertiary alicyclic amines) is 1. The number of hydrogen-bond acceptors (Lipinski definition) is 4. The highest BCUT2D eigenvalue weighted by molar-refractivity contribution is 5.94. The van der Waals surface area contributed by atoms with Crippen LogP contribution < -0.4 is 4.90 Å². The van der Waals surface area contributed by atoms with E-state index in [0.29, 0.717) is 26.1 Å². The van der Waals surface area contributed by atoms with Crippen LogP contribution in [0.15, 0.2) is 36.7 Å². The van der Waals surface area contributed by atoms with Gasteiger partial charge in [-0.15, -0.1) is 5.10 Å². The maximum Gasteiger partial charge on any atom is 0.223 e. The highest BCUT2D eigenvalue weighted by atomic mass is 16.2. The van der Waals surface area contributed by atoms with Gasteiger partial charge in [0.15, 0.2) is 0 Å². The zero-order valence-corrected chi connectivity index (χ0v) is 14.2. The lowest BCUT2D eigenvalue weighted by Crippen LogP contribution is -2.50. The van der Waals surface area contributed by atoms with Crippen LogP contribution in [0.3, 0.4) is 0 Å². The Morgan fingerprint density at radius 1 is 1.20 bits per heavy atom. The van der Waals surface area contributed by atoms with E-state index in [2.05, 4.69) is 16.4 Å². The molecule has 1 aromatic heterocycles. The van der Waals surface area contributed by atoms with Crippen LogP contribution in [0.4, 0.5) is 5.69 Å². The quantitative estimate of drug-likeness (QED) is 0.848. The Kier molecular flexibility index (Phi) is 3.99. The number of nitrogens with zero attached hydrogens (tertiary/aromatic N) is 5. The van der Waals surface area contributed by atoms with E-state index in [1.165, 1.54) is 5.56 Å². The summed E-state index contributed by atoms with van der Waals surface area (Å²) in [6.45, 7) is 3.66. The van der Waals surface area contributed by atoms with E-state index >= 15 is 0 Å². The number of anilines is 1. The van der Waals surface area contributed by atoms with Crippen LogP contribution >= 0.6 is 0 Å². The van der Waals surface area contributed by atoms with Crippen LogP contribution in [-0.2, 0) is 9.59 Å². The van der Waals surface area contributed by atoms with Crippen LogP contribution in [0.5, 0.6) is 0 Å². The summed E-state index contributed by atoms with van der Waals surface area (Å²) in [7, 11) is 0. The Labute approximate surface area is 146 Å². The molecule has 1 fully saturated rings. The molecule has 2 amide bonds. The molecule has 4 rings (SSSR count). The fourth-order valence-electron chi connectivity index (χ4n) is 3.73. The number of benzene rings is 1. The van der Waals surface area contributed by atoms with Crippen molar-refractivity contribution in [1.82, 2.24) is 19.9 Å². The maximum absolute atomic E-state index is 12.4. The highest BCUT2D eigenvalue weighted by Gasteiger charge is 2.34. The van der Waals surface area contributed by atoms with Gasteiger partial charge in [0.05, 0.1) is 12.2 Å². The molecule has 1 unspecified atom stereocenters. The molecular formula is C18H21N5O2. The molecule has 0 saturated carbocycles. The molecule has 2 aliphatic heterocycles. The number of para-hydroxylation sites is 1. The van der Waals surface area contributed by atoms with E-state index in [1.54, 1.807) is 13.1 Å². The predicted octanol–water partition coefficient (Wildman–Crippen LogP) is 1.59. The number of rotatable bonds is 4. The number of amides is 2. The predicted molar refractivity (Wildman–Crippen MR) is 92.1 cm³/mol. The van der Waals surface area contributed by atoms with Crippen molar-refractivity contribution in [3.05, 3.63) is 42.2 Å². The van der Waals surface area contributed by atoms with E-state index in [0.717, 1.165) is 12.1 Å². The van der Waals surface area contributed by atoms with E-state index in [1.807, 2.05) is 38.9 Å². The minimum absolute atomic E-state index is 0.0553. The largest absolute Gasteiger partial charge is 0.338 e. The first-order chi connectivity index (χ1) is 12.1. The second kappa shape index (κ2) is 6.31. The third-order valence-corrected chi connectivity index (χ3v) is 5.19. The second-order valence-corrected chi connectivity index (χ2v) is 6.76. The summed E-state index contributed by atoms with van der Waals surface area (Å²) in [5.41, 5.74) is 2.16. The number of hydrogen-bond donors (Lipinski definition) is 0. The Hall–Kier alpha value is -2.70. The number of fused-ring (bicyclic) bond motifs is 1. The third-order valence-electron chi connectivity index (χ3n) is 5.19. The number of aromatic nitrogens is 3. The minimum Gasteiger partial charge on any atom is -0.338 e.